The molecule has 1 heterocycles. The van der Waals surface area contributed by atoms with Crippen LogP contribution < -0.4 is 14.7 Å². The van der Waals surface area contributed by atoms with Crippen molar-refractivity contribution in [1.82, 2.24) is 4.90 Å². The molecule has 1 atom stereocenters. The van der Waals surface area contributed by atoms with Crippen LogP contribution in [0, 0.1) is 0 Å². The molecule has 1 amide bonds. The van der Waals surface area contributed by atoms with Crippen LogP contribution in [-0.2, 0) is 9.59 Å². The maximum Gasteiger partial charge on any atom is 0.295 e. The number of quaternary nitrogens is 1. The zero-order chi connectivity index (χ0) is 23.3. The molecule has 6 nitrogen and oxygen atoms in total. The highest BCUT2D eigenvalue weighted by molar-refractivity contribution is 9.10. The van der Waals surface area contributed by atoms with E-state index in [1.165, 1.54) is 12.0 Å². The Morgan fingerprint density at radius 1 is 1.12 bits per heavy atom. The summed E-state index contributed by atoms with van der Waals surface area (Å²) < 4.78 is 6.05. The molecule has 0 saturated carbocycles. The summed E-state index contributed by atoms with van der Waals surface area (Å²) >= 11 is 3.47. The summed E-state index contributed by atoms with van der Waals surface area (Å²) in [5.74, 6) is -1.26. The number of nitrogens with zero attached hydrogens (tertiary/aromatic N) is 1. The highest BCUT2D eigenvalue weighted by Gasteiger charge is 2.44. The highest BCUT2D eigenvalue weighted by atomic mass is 79.9. The van der Waals surface area contributed by atoms with E-state index >= 15 is 0 Å². The SMILES string of the molecule is CC[NH+](CC)CCCN1C(=O)C(=O)/C(=C(/[O-])c2cccc(OC)c2)C1c1cccc(Br)c1. The van der Waals surface area contributed by atoms with Crippen LogP contribution >= 0.6 is 15.9 Å². The number of nitrogens with one attached hydrogen (secondary N) is 1. The fraction of sp³-hybridized carbons (Fsp3) is 0.360. The first-order chi connectivity index (χ1) is 15.4. The third-order valence-corrected chi connectivity index (χ3v) is 6.45. The lowest BCUT2D eigenvalue weighted by Crippen LogP contribution is -3.11. The van der Waals surface area contributed by atoms with E-state index < -0.39 is 23.5 Å². The lowest BCUT2D eigenvalue weighted by molar-refractivity contribution is -0.896. The van der Waals surface area contributed by atoms with Gasteiger partial charge in [0.1, 0.15) is 5.75 Å². The molecule has 1 fully saturated rings. The monoisotopic (exact) mass is 500 g/mol. The van der Waals surface area contributed by atoms with Crippen LogP contribution in [0.4, 0.5) is 0 Å². The Morgan fingerprint density at radius 3 is 2.50 bits per heavy atom. The first kappa shape index (κ1) is 24.0. The van der Waals surface area contributed by atoms with Crippen molar-refractivity contribution in [2.45, 2.75) is 26.3 Å². The lowest BCUT2D eigenvalue weighted by atomic mass is 9.95. The van der Waals surface area contributed by atoms with Gasteiger partial charge in [0, 0.05) is 23.0 Å². The van der Waals surface area contributed by atoms with E-state index in [9.17, 15) is 14.7 Å². The lowest BCUT2D eigenvalue weighted by Gasteiger charge is -2.28. The third-order valence-electron chi connectivity index (χ3n) is 5.96. The number of ether oxygens (including phenoxy) is 1. The molecule has 0 radical (unpaired) electrons. The van der Waals surface area contributed by atoms with Gasteiger partial charge < -0.3 is 19.6 Å². The Labute approximate surface area is 197 Å². The van der Waals surface area contributed by atoms with E-state index in [2.05, 4.69) is 29.8 Å². The minimum absolute atomic E-state index is 0.00320. The Balaban J connectivity index is 2.04. The van der Waals surface area contributed by atoms with Gasteiger partial charge in [0.25, 0.3) is 5.91 Å². The molecule has 2 aromatic carbocycles. The van der Waals surface area contributed by atoms with Crippen LogP contribution in [0.15, 0.2) is 58.6 Å². The zero-order valence-electron chi connectivity index (χ0n) is 18.7. The average Bonchev–Trinajstić information content (AvgIpc) is 3.06. The molecule has 0 bridgehead atoms. The summed E-state index contributed by atoms with van der Waals surface area (Å²) in [6, 6.07) is 13.4. The fourth-order valence-electron chi connectivity index (χ4n) is 4.15. The zero-order valence-corrected chi connectivity index (χ0v) is 20.3. The van der Waals surface area contributed by atoms with Crippen molar-refractivity contribution in [1.29, 1.82) is 0 Å². The minimum Gasteiger partial charge on any atom is -0.872 e. The van der Waals surface area contributed by atoms with Crippen LogP contribution in [0.2, 0.25) is 0 Å². The molecule has 1 unspecified atom stereocenters. The van der Waals surface area contributed by atoms with Gasteiger partial charge in [-0.25, -0.2) is 0 Å². The van der Waals surface area contributed by atoms with Gasteiger partial charge in [-0.2, -0.15) is 0 Å². The van der Waals surface area contributed by atoms with Crippen molar-refractivity contribution in [2.24, 2.45) is 0 Å². The van der Waals surface area contributed by atoms with E-state index in [0.717, 1.165) is 36.1 Å². The molecule has 0 aromatic heterocycles. The Kier molecular flexibility index (Phi) is 8.10. The molecule has 7 heteroatoms. The van der Waals surface area contributed by atoms with E-state index in [0.29, 0.717) is 17.9 Å². The topological polar surface area (TPSA) is 74.1 Å². The van der Waals surface area contributed by atoms with Crippen molar-refractivity contribution >= 4 is 33.4 Å². The number of hydrogen-bond donors (Lipinski definition) is 1. The van der Waals surface area contributed by atoms with Gasteiger partial charge in [-0.3, -0.25) is 9.59 Å². The quantitative estimate of drug-likeness (QED) is 0.324. The number of halogens is 1. The van der Waals surface area contributed by atoms with Crippen LogP contribution in [0.5, 0.6) is 5.75 Å². The summed E-state index contributed by atoms with van der Waals surface area (Å²) in [4.78, 5) is 29.1. The smallest absolute Gasteiger partial charge is 0.295 e. The van der Waals surface area contributed by atoms with Crippen molar-refractivity contribution in [3.63, 3.8) is 0 Å². The van der Waals surface area contributed by atoms with Gasteiger partial charge in [0.2, 0.25) is 5.78 Å². The number of likely N-dealkylation sites (tertiary alicyclic amines) is 1. The second-order valence-electron chi connectivity index (χ2n) is 7.82. The number of carbonyl (C=O) groups excluding carboxylic acids is 2. The van der Waals surface area contributed by atoms with E-state index in [-0.39, 0.29) is 5.57 Å². The number of rotatable bonds is 9. The summed E-state index contributed by atoms with van der Waals surface area (Å²) in [5, 5.41) is 13.5. The predicted octanol–water partition coefficient (Wildman–Crippen LogP) is 2.00. The summed E-state index contributed by atoms with van der Waals surface area (Å²) in [6.07, 6.45) is 0.751. The molecule has 0 aliphatic carbocycles. The first-order valence-corrected chi connectivity index (χ1v) is 11.7. The molecule has 3 rings (SSSR count). The molecule has 1 N–H and O–H groups in total. The van der Waals surface area contributed by atoms with Gasteiger partial charge in [-0.15, -0.1) is 0 Å². The number of carbonyl (C=O) groups is 2. The molecular weight excluding hydrogens is 472 g/mol. The van der Waals surface area contributed by atoms with Crippen LogP contribution in [0.1, 0.15) is 37.4 Å². The van der Waals surface area contributed by atoms with Crippen LogP contribution in [0.3, 0.4) is 0 Å². The summed E-state index contributed by atoms with van der Waals surface area (Å²) in [7, 11) is 1.52. The molecule has 1 saturated heterocycles. The van der Waals surface area contributed by atoms with Crippen molar-refractivity contribution in [2.75, 3.05) is 33.3 Å². The number of hydrogen-bond acceptors (Lipinski definition) is 4. The molecular formula is C25H29BrN2O4. The van der Waals surface area contributed by atoms with E-state index in [1.807, 2.05) is 24.3 Å². The fourth-order valence-corrected chi connectivity index (χ4v) is 4.56. The molecule has 170 valence electrons. The van der Waals surface area contributed by atoms with E-state index in [4.69, 9.17) is 4.74 Å². The molecule has 32 heavy (non-hydrogen) atoms. The molecule has 2 aromatic rings. The predicted molar refractivity (Wildman–Crippen MR) is 125 cm³/mol. The Bertz CT molecular complexity index is 1020. The van der Waals surface area contributed by atoms with Gasteiger partial charge in [0.15, 0.2) is 0 Å². The second-order valence-corrected chi connectivity index (χ2v) is 8.74. The first-order valence-electron chi connectivity index (χ1n) is 10.9. The molecule has 1 aliphatic rings. The normalized spacial score (nSPS) is 17.9. The largest absolute Gasteiger partial charge is 0.872 e. The Hall–Kier alpha value is -2.64. The van der Waals surface area contributed by atoms with Crippen molar-refractivity contribution < 1.29 is 24.3 Å². The highest BCUT2D eigenvalue weighted by Crippen LogP contribution is 2.39. The van der Waals surface area contributed by atoms with Crippen LogP contribution in [-0.4, -0.2) is 49.9 Å². The Morgan fingerprint density at radius 2 is 1.84 bits per heavy atom. The second kappa shape index (κ2) is 10.8. The molecule has 0 spiro atoms. The number of Topliss-reactive ketones (excluding diaryl/α,β-unsaturated/α-hetero) is 1. The third kappa shape index (κ3) is 5.05. The minimum atomic E-state index is -0.724. The van der Waals surface area contributed by atoms with Crippen LogP contribution in [0.25, 0.3) is 5.76 Å². The van der Waals surface area contributed by atoms with Crippen molar-refractivity contribution in [3.05, 3.63) is 69.7 Å². The number of benzene rings is 2. The standard InChI is InChI=1S/C25H29BrN2O4/c1-4-27(5-2)13-8-14-28-22(17-9-6-11-19(26)15-17)21(24(30)25(28)31)23(29)18-10-7-12-20(16-18)32-3/h6-7,9-12,15-16,22,29H,4-5,8,13-14H2,1-3H3/b23-21+. The number of methoxy groups -OCH3 is 1. The number of amides is 1. The maximum absolute atomic E-state index is 13.5. The van der Waals surface area contributed by atoms with Gasteiger partial charge in [-0.05, 0) is 49.2 Å². The average molecular weight is 501 g/mol. The van der Waals surface area contributed by atoms with E-state index in [1.54, 1.807) is 29.2 Å². The summed E-state index contributed by atoms with van der Waals surface area (Å²) in [6.45, 7) is 7.59. The summed E-state index contributed by atoms with van der Waals surface area (Å²) in [5.41, 5.74) is 1.06. The van der Waals surface area contributed by atoms with Gasteiger partial charge in [-0.1, -0.05) is 46.0 Å². The van der Waals surface area contributed by atoms with Gasteiger partial charge in [0.05, 0.1) is 32.8 Å². The van der Waals surface area contributed by atoms with Crippen molar-refractivity contribution in [3.8, 4) is 5.75 Å². The number of ketones is 1. The van der Waals surface area contributed by atoms with Gasteiger partial charge >= 0.3 is 0 Å². The molecule has 1 aliphatic heterocycles. The maximum atomic E-state index is 13.5.